The third-order valence-electron chi connectivity index (χ3n) is 11.6. The number of thiophene rings is 1. The third-order valence-corrected chi connectivity index (χ3v) is 12.8. The van der Waals surface area contributed by atoms with Gasteiger partial charge in [-0.05, 0) is 46.5 Å². The summed E-state index contributed by atoms with van der Waals surface area (Å²) in [4.78, 5) is 15.3. The summed E-state index contributed by atoms with van der Waals surface area (Å²) in [6.45, 7) is 0. The first-order valence-electron chi connectivity index (χ1n) is 18.7. The lowest BCUT2D eigenvalue weighted by Crippen LogP contribution is -2.55. The standard InChI is InChI=1S/C45H32B5N3OS/c46-37-35(38(47)40(49)41(50)39(37)48)23-16-18-25(19-17-23)44-51-43(24-8-2-1-3-9-24)52-45(53-44)31-13-7-14-32-36(31)30-21-20-26(22-33(30)54-32)27-11-6-12-29-28-10-4-5-15-34(28)55-42(27)29/h1-22H,46-50H2. The molecule has 3 aromatic heterocycles. The first-order valence-corrected chi connectivity index (χ1v) is 19.5. The smallest absolute Gasteiger partial charge is 0.164 e. The van der Waals surface area contributed by atoms with Gasteiger partial charge in [0, 0.05) is 47.6 Å². The molecular formula is C45H32B5N3OS. The Kier molecular flexibility index (Phi) is 7.93. The highest BCUT2D eigenvalue weighted by atomic mass is 32.1. The van der Waals surface area contributed by atoms with Crippen LogP contribution in [0.15, 0.2) is 138 Å². The van der Waals surface area contributed by atoms with Gasteiger partial charge in [-0.15, -0.1) is 27.7 Å². The van der Waals surface area contributed by atoms with Crippen LogP contribution in [0.3, 0.4) is 0 Å². The Labute approximate surface area is 327 Å². The van der Waals surface area contributed by atoms with Gasteiger partial charge < -0.3 is 4.42 Å². The maximum absolute atomic E-state index is 6.61. The fourth-order valence-corrected chi connectivity index (χ4v) is 9.45. The molecule has 10 heteroatoms. The predicted octanol–water partition coefficient (Wildman–Crippen LogP) is 3.77. The van der Waals surface area contributed by atoms with Crippen molar-refractivity contribution in [3.05, 3.63) is 133 Å². The van der Waals surface area contributed by atoms with Crippen molar-refractivity contribution in [2.75, 3.05) is 0 Å². The van der Waals surface area contributed by atoms with Gasteiger partial charge >= 0.3 is 0 Å². The maximum atomic E-state index is 6.61. The Morgan fingerprint density at radius 2 is 1.00 bits per heavy atom. The van der Waals surface area contributed by atoms with Crippen LogP contribution in [-0.4, -0.2) is 54.2 Å². The van der Waals surface area contributed by atoms with Crippen molar-refractivity contribution in [3.8, 4) is 56.4 Å². The van der Waals surface area contributed by atoms with E-state index in [1.807, 2.05) is 53.8 Å². The second-order valence-electron chi connectivity index (χ2n) is 14.5. The molecule has 10 aromatic rings. The monoisotopic (exact) mass is 717 g/mol. The number of furan rings is 1. The molecule has 0 atom stereocenters. The average molecular weight is 717 g/mol. The van der Waals surface area contributed by atoms with Crippen molar-refractivity contribution in [3.63, 3.8) is 0 Å². The van der Waals surface area contributed by atoms with Gasteiger partial charge in [-0.25, -0.2) is 15.0 Å². The van der Waals surface area contributed by atoms with Crippen molar-refractivity contribution in [2.24, 2.45) is 0 Å². The second-order valence-corrected chi connectivity index (χ2v) is 15.6. The number of rotatable bonds is 5. The van der Waals surface area contributed by atoms with E-state index in [-0.39, 0.29) is 0 Å². The van der Waals surface area contributed by atoms with Gasteiger partial charge in [0.15, 0.2) is 17.5 Å². The molecule has 55 heavy (non-hydrogen) atoms. The van der Waals surface area contributed by atoms with Crippen LogP contribution in [0.25, 0.3) is 98.5 Å². The van der Waals surface area contributed by atoms with Gasteiger partial charge in [0.25, 0.3) is 0 Å². The minimum atomic E-state index is 0.608. The zero-order valence-corrected chi connectivity index (χ0v) is 32.2. The summed E-state index contributed by atoms with van der Waals surface area (Å²) >= 11 is 1.84. The van der Waals surface area contributed by atoms with Gasteiger partial charge in [-0.2, -0.15) is 0 Å². The van der Waals surface area contributed by atoms with Crippen LogP contribution in [0.4, 0.5) is 0 Å². The summed E-state index contributed by atoms with van der Waals surface area (Å²) in [6, 6.07) is 46.8. The van der Waals surface area contributed by atoms with E-state index in [0.29, 0.717) is 17.5 Å². The van der Waals surface area contributed by atoms with Crippen molar-refractivity contribution >= 4 is 120 Å². The number of aromatic nitrogens is 3. The molecule has 0 spiro atoms. The Hall–Kier alpha value is -6.11. The van der Waals surface area contributed by atoms with Gasteiger partial charge in [0.2, 0.25) is 0 Å². The van der Waals surface area contributed by atoms with Crippen LogP contribution in [0, 0.1) is 0 Å². The summed E-state index contributed by atoms with van der Waals surface area (Å²) in [5.41, 5.74) is 16.0. The summed E-state index contributed by atoms with van der Waals surface area (Å²) in [7, 11) is 11.1. The molecule has 4 nitrogen and oxygen atoms in total. The second kappa shape index (κ2) is 13.0. The molecule has 7 aromatic carbocycles. The maximum Gasteiger partial charge on any atom is 0.164 e. The molecule has 0 saturated carbocycles. The number of hydrogen-bond acceptors (Lipinski definition) is 5. The Morgan fingerprint density at radius 3 is 1.76 bits per heavy atom. The van der Waals surface area contributed by atoms with E-state index in [1.165, 1.54) is 64.2 Å². The summed E-state index contributed by atoms with van der Waals surface area (Å²) in [5, 5.41) is 4.60. The first-order chi connectivity index (χ1) is 26.8. The van der Waals surface area contributed by atoms with E-state index < -0.39 is 0 Å². The molecular weight excluding hydrogens is 685 g/mol. The first kappa shape index (κ1) is 33.5. The Balaban J connectivity index is 1.11. The highest BCUT2D eigenvalue weighted by molar-refractivity contribution is 7.26. The third kappa shape index (κ3) is 5.46. The minimum Gasteiger partial charge on any atom is -0.456 e. The van der Waals surface area contributed by atoms with Gasteiger partial charge in [0.1, 0.15) is 50.4 Å². The average Bonchev–Trinajstić information content (AvgIpc) is 3.81. The van der Waals surface area contributed by atoms with Gasteiger partial charge in [0.05, 0.1) is 0 Å². The topological polar surface area (TPSA) is 51.8 Å². The van der Waals surface area contributed by atoms with E-state index in [9.17, 15) is 0 Å². The Bertz CT molecular complexity index is 3130. The Morgan fingerprint density at radius 1 is 0.418 bits per heavy atom. The molecule has 254 valence electrons. The fourth-order valence-electron chi connectivity index (χ4n) is 8.21. The number of benzene rings is 7. The number of fused-ring (bicyclic) bond motifs is 6. The molecule has 0 radical (unpaired) electrons. The minimum absolute atomic E-state index is 0.608. The van der Waals surface area contributed by atoms with Gasteiger partial charge in [-0.3, -0.25) is 0 Å². The van der Waals surface area contributed by atoms with Gasteiger partial charge in [-0.1, -0.05) is 120 Å². The molecule has 3 heterocycles. The van der Waals surface area contributed by atoms with Crippen LogP contribution in [0.1, 0.15) is 0 Å². The van der Waals surface area contributed by atoms with Crippen LogP contribution in [-0.2, 0) is 0 Å². The molecule has 0 saturated heterocycles. The zero-order chi connectivity index (χ0) is 37.4. The molecule has 0 aliphatic heterocycles. The SMILES string of the molecule is Bc1c(B)c(B)c(-c2ccc(-c3nc(-c4ccccc4)nc(-c4cccc5oc6cc(-c7cccc8c7sc7ccccc78)ccc6c45)n3)cc2)c(B)c1B. The van der Waals surface area contributed by atoms with Crippen molar-refractivity contribution in [1.82, 2.24) is 15.0 Å². The molecule has 0 N–H and O–H groups in total. The zero-order valence-electron chi connectivity index (χ0n) is 31.4. The molecule has 10 rings (SSSR count). The highest BCUT2D eigenvalue weighted by Crippen LogP contribution is 2.42. The summed E-state index contributed by atoms with van der Waals surface area (Å²) < 4.78 is 9.19. The van der Waals surface area contributed by atoms with Crippen LogP contribution < -0.4 is 27.3 Å². The van der Waals surface area contributed by atoms with E-state index in [2.05, 4.69) is 130 Å². The van der Waals surface area contributed by atoms with Crippen LogP contribution in [0.2, 0.25) is 0 Å². The number of nitrogens with zero attached hydrogens (tertiary/aromatic N) is 3. The molecule has 0 aliphatic carbocycles. The largest absolute Gasteiger partial charge is 0.456 e. The van der Waals surface area contributed by atoms with Crippen molar-refractivity contribution in [1.29, 1.82) is 0 Å². The normalized spacial score (nSPS) is 11.6. The molecule has 0 bridgehead atoms. The van der Waals surface area contributed by atoms with Crippen LogP contribution >= 0.6 is 11.3 Å². The summed E-state index contributed by atoms with van der Waals surface area (Å²) in [6.07, 6.45) is 0. The van der Waals surface area contributed by atoms with E-state index in [4.69, 9.17) is 19.4 Å². The summed E-state index contributed by atoms with van der Waals surface area (Å²) in [5.74, 6) is 1.87. The van der Waals surface area contributed by atoms with E-state index in [0.717, 1.165) is 44.2 Å². The van der Waals surface area contributed by atoms with Crippen molar-refractivity contribution in [2.45, 2.75) is 0 Å². The number of hydrogen-bond donors (Lipinski definition) is 0. The molecule has 0 aliphatic rings. The molecule has 0 unspecified atom stereocenters. The molecule has 0 amide bonds. The lowest BCUT2D eigenvalue weighted by molar-refractivity contribution is 0.669. The quantitative estimate of drug-likeness (QED) is 0.255. The fraction of sp³-hybridized carbons (Fsp3) is 0. The highest BCUT2D eigenvalue weighted by Gasteiger charge is 2.20. The predicted molar refractivity (Wildman–Crippen MR) is 248 cm³/mol. The molecule has 0 fully saturated rings. The lowest BCUT2D eigenvalue weighted by atomic mass is 9.59. The lowest BCUT2D eigenvalue weighted by Gasteiger charge is -2.20. The van der Waals surface area contributed by atoms with Crippen LogP contribution in [0.5, 0.6) is 0 Å². The van der Waals surface area contributed by atoms with E-state index >= 15 is 0 Å². The van der Waals surface area contributed by atoms with E-state index in [1.54, 1.807) is 0 Å². The van der Waals surface area contributed by atoms with Crippen molar-refractivity contribution < 1.29 is 4.42 Å².